The maximum Gasteiger partial charge on any atom is 0.131 e. The second-order valence-electron chi connectivity index (χ2n) is 3.52. The zero-order chi connectivity index (χ0) is 13.0. The first kappa shape index (κ1) is 12.3. The summed E-state index contributed by atoms with van der Waals surface area (Å²) in [6.45, 7) is 0. The van der Waals surface area contributed by atoms with Gasteiger partial charge in [-0.3, -0.25) is 4.98 Å². The SMILES string of the molecule is COc1cccc(Oc2ccnc(C(N)=S)c2)c1. The summed E-state index contributed by atoms with van der Waals surface area (Å²) in [7, 11) is 1.61. The Bertz CT molecular complexity index is 572. The number of benzene rings is 1. The van der Waals surface area contributed by atoms with E-state index in [1.54, 1.807) is 31.5 Å². The number of aromatic nitrogens is 1. The van der Waals surface area contributed by atoms with Crippen molar-refractivity contribution >= 4 is 17.2 Å². The maximum absolute atomic E-state index is 5.68. The third-order valence-corrected chi connectivity index (χ3v) is 2.47. The van der Waals surface area contributed by atoms with Crippen LogP contribution in [0.2, 0.25) is 0 Å². The molecule has 0 spiro atoms. The Hall–Kier alpha value is -2.14. The molecule has 18 heavy (non-hydrogen) atoms. The maximum atomic E-state index is 5.68. The average Bonchev–Trinajstić information content (AvgIpc) is 2.39. The van der Waals surface area contributed by atoms with Crippen molar-refractivity contribution in [2.24, 2.45) is 5.73 Å². The molecule has 2 aromatic rings. The molecule has 0 saturated carbocycles. The first-order chi connectivity index (χ1) is 8.69. The van der Waals surface area contributed by atoms with E-state index in [1.807, 2.05) is 18.2 Å². The van der Waals surface area contributed by atoms with Gasteiger partial charge < -0.3 is 15.2 Å². The number of thiocarbonyl (C=S) groups is 1. The van der Waals surface area contributed by atoms with Crippen molar-refractivity contribution in [3.8, 4) is 17.2 Å². The van der Waals surface area contributed by atoms with Crippen molar-refractivity contribution < 1.29 is 9.47 Å². The number of pyridine rings is 1. The number of nitrogens with zero attached hydrogens (tertiary/aromatic N) is 1. The molecule has 0 unspecified atom stereocenters. The minimum atomic E-state index is 0.242. The van der Waals surface area contributed by atoms with Gasteiger partial charge in [0, 0.05) is 18.3 Å². The van der Waals surface area contributed by atoms with Gasteiger partial charge in [-0.15, -0.1) is 0 Å². The first-order valence-electron chi connectivity index (χ1n) is 5.27. The molecule has 0 aliphatic carbocycles. The zero-order valence-corrected chi connectivity index (χ0v) is 10.6. The molecule has 0 aliphatic heterocycles. The highest BCUT2D eigenvalue weighted by Crippen LogP contribution is 2.25. The fraction of sp³-hybridized carbons (Fsp3) is 0.0769. The summed E-state index contributed by atoms with van der Waals surface area (Å²) in [6, 6.07) is 10.8. The van der Waals surface area contributed by atoms with E-state index in [1.165, 1.54) is 0 Å². The van der Waals surface area contributed by atoms with E-state index < -0.39 is 0 Å². The highest BCUT2D eigenvalue weighted by molar-refractivity contribution is 7.80. The van der Waals surface area contributed by atoms with Crippen molar-refractivity contribution in [3.05, 3.63) is 48.3 Å². The van der Waals surface area contributed by atoms with Crippen LogP contribution in [0.15, 0.2) is 42.6 Å². The van der Waals surface area contributed by atoms with Crippen LogP contribution in [0.3, 0.4) is 0 Å². The van der Waals surface area contributed by atoms with Crippen LogP contribution in [0.4, 0.5) is 0 Å². The smallest absolute Gasteiger partial charge is 0.131 e. The molecule has 0 amide bonds. The lowest BCUT2D eigenvalue weighted by atomic mass is 10.3. The summed E-state index contributed by atoms with van der Waals surface area (Å²) < 4.78 is 10.8. The number of ether oxygens (including phenoxy) is 2. The van der Waals surface area contributed by atoms with Crippen molar-refractivity contribution in [1.82, 2.24) is 4.98 Å². The van der Waals surface area contributed by atoms with Crippen molar-refractivity contribution in [2.45, 2.75) is 0 Å². The molecule has 0 atom stereocenters. The van der Waals surface area contributed by atoms with Crippen LogP contribution in [0.1, 0.15) is 5.69 Å². The molecular formula is C13H12N2O2S. The van der Waals surface area contributed by atoms with E-state index in [-0.39, 0.29) is 4.99 Å². The summed E-state index contributed by atoms with van der Waals surface area (Å²) in [6.07, 6.45) is 1.60. The van der Waals surface area contributed by atoms with Gasteiger partial charge in [-0.2, -0.15) is 0 Å². The van der Waals surface area contributed by atoms with Crippen LogP contribution in [-0.4, -0.2) is 17.1 Å². The van der Waals surface area contributed by atoms with E-state index in [9.17, 15) is 0 Å². The fourth-order valence-corrected chi connectivity index (χ4v) is 1.52. The van der Waals surface area contributed by atoms with Crippen molar-refractivity contribution in [3.63, 3.8) is 0 Å². The largest absolute Gasteiger partial charge is 0.497 e. The molecule has 0 radical (unpaired) electrons. The summed E-state index contributed by atoms with van der Waals surface area (Å²) in [4.78, 5) is 4.29. The number of nitrogens with two attached hydrogens (primary N) is 1. The monoisotopic (exact) mass is 260 g/mol. The molecule has 0 bridgehead atoms. The molecule has 0 saturated heterocycles. The lowest BCUT2D eigenvalue weighted by molar-refractivity contribution is 0.409. The first-order valence-corrected chi connectivity index (χ1v) is 5.67. The third-order valence-electron chi connectivity index (χ3n) is 2.26. The van der Waals surface area contributed by atoms with Gasteiger partial charge in [0.2, 0.25) is 0 Å². The molecule has 4 nitrogen and oxygen atoms in total. The van der Waals surface area contributed by atoms with Gasteiger partial charge >= 0.3 is 0 Å². The quantitative estimate of drug-likeness (QED) is 0.856. The molecule has 0 aliphatic rings. The minimum Gasteiger partial charge on any atom is -0.497 e. The van der Waals surface area contributed by atoms with E-state index in [2.05, 4.69) is 4.98 Å². The number of hydrogen-bond donors (Lipinski definition) is 1. The Kier molecular flexibility index (Phi) is 3.74. The molecule has 2 rings (SSSR count). The second kappa shape index (κ2) is 5.46. The van der Waals surface area contributed by atoms with E-state index in [0.717, 1.165) is 5.75 Å². The Morgan fingerprint density at radius 1 is 1.17 bits per heavy atom. The summed E-state index contributed by atoms with van der Waals surface area (Å²) in [5.74, 6) is 2.03. The number of hydrogen-bond acceptors (Lipinski definition) is 4. The summed E-state index contributed by atoms with van der Waals surface area (Å²) in [5.41, 5.74) is 6.05. The van der Waals surface area contributed by atoms with Gasteiger partial charge in [-0.05, 0) is 18.2 Å². The van der Waals surface area contributed by atoms with Gasteiger partial charge in [0.05, 0.1) is 7.11 Å². The number of methoxy groups -OCH3 is 1. The zero-order valence-electron chi connectivity index (χ0n) is 9.79. The highest BCUT2D eigenvalue weighted by atomic mass is 32.1. The molecule has 5 heteroatoms. The van der Waals surface area contributed by atoms with E-state index in [4.69, 9.17) is 27.4 Å². The standard InChI is InChI=1S/C13H12N2O2S/c1-16-9-3-2-4-10(7-9)17-11-5-6-15-12(8-11)13(14)18/h2-8H,1H3,(H2,14,18). The van der Waals surface area contributed by atoms with Gasteiger partial charge in [0.15, 0.2) is 0 Å². The Morgan fingerprint density at radius 2 is 1.89 bits per heavy atom. The predicted octanol–water partition coefficient (Wildman–Crippen LogP) is 2.52. The minimum absolute atomic E-state index is 0.242. The van der Waals surface area contributed by atoms with Crippen LogP contribution in [0.25, 0.3) is 0 Å². The third kappa shape index (κ3) is 2.95. The molecule has 1 aromatic carbocycles. The lowest BCUT2D eigenvalue weighted by Crippen LogP contribution is -2.11. The molecule has 0 fully saturated rings. The topological polar surface area (TPSA) is 57.4 Å². The Balaban J connectivity index is 2.22. The van der Waals surface area contributed by atoms with Crippen LogP contribution in [-0.2, 0) is 0 Å². The van der Waals surface area contributed by atoms with Crippen LogP contribution >= 0.6 is 12.2 Å². The van der Waals surface area contributed by atoms with Crippen molar-refractivity contribution in [2.75, 3.05) is 7.11 Å². The lowest BCUT2D eigenvalue weighted by Gasteiger charge is -2.07. The fourth-order valence-electron chi connectivity index (χ4n) is 1.41. The summed E-state index contributed by atoms with van der Waals surface area (Å²) >= 11 is 4.87. The van der Waals surface area contributed by atoms with Crippen molar-refractivity contribution in [1.29, 1.82) is 0 Å². The van der Waals surface area contributed by atoms with Gasteiger partial charge in [0.1, 0.15) is 27.9 Å². The Labute approximate surface area is 110 Å². The average molecular weight is 260 g/mol. The van der Waals surface area contributed by atoms with Gasteiger partial charge in [-0.25, -0.2) is 0 Å². The molecule has 92 valence electrons. The van der Waals surface area contributed by atoms with Gasteiger partial charge in [0.25, 0.3) is 0 Å². The van der Waals surface area contributed by atoms with Gasteiger partial charge in [-0.1, -0.05) is 18.3 Å². The normalized spacial score (nSPS) is 9.83. The van der Waals surface area contributed by atoms with Crippen LogP contribution in [0, 0.1) is 0 Å². The summed E-state index contributed by atoms with van der Waals surface area (Å²) in [5, 5.41) is 0. The highest BCUT2D eigenvalue weighted by Gasteiger charge is 2.03. The van der Waals surface area contributed by atoms with E-state index in [0.29, 0.717) is 17.2 Å². The molecule has 2 N–H and O–H groups in total. The molecular weight excluding hydrogens is 248 g/mol. The number of rotatable bonds is 4. The predicted molar refractivity (Wildman–Crippen MR) is 73.2 cm³/mol. The van der Waals surface area contributed by atoms with E-state index >= 15 is 0 Å². The molecule has 1 heterocycles. The second-order valence-corrected chi connectivity index (χ2v) is 3.96. The Morgan fingerprint density at radius 3 is 2.61 bits per heavy atom. The van der Waals surface area contributed by atoms with Crippen LogP contribution < -0.4 is 15.2 Å². The molecule has 1 aromatic heterocycles. The van der Waals surface area contributed by atoms with Crippen LogP contribution in [0.5, 0.6) is 17.2 Å².